The molecule has 110 valence electrons. The third-order valence-electron chi connectivity index (χ3n) is 3.09. The molecule has 0 bridgehead atoms. The van der Waals surface area contributed by atoms with E-state index in [1.807, 2.05) is 73.6 Å². The molecule has 0 fully saturated rings. The minimum absolute atomic E-state index is 0.109. The second-order valence-corrected chi connectivity index (χ2v) is 5.00. The molecule has 22 heavy (non-hydrogen) atoms. The highest BCUT2D eigenvalue weighted by atomic mass is 16.5. The van der Waals surface area contributed by atoms with E-state index in [-0.39, 0.29) is 6.04 Å². The van der Waals surface area contributed by atoms with Gasteiger partial charge in [0.25, 0.3) is 0 Å². The third kappa shape index (κ3) is 4.70. The van der Waals surface area contributed by atoms with E-state index in [0.29, 0.717) is 0 Å². The van der Waals surface area contributed by atoms with Gasteiger partial charge in [-0.2, -0.15) is 0 Å². The molecule has 0 saturated carbocycles. The van der Waals surface area contributed by atoms with Crippen LogP contribution in [0, 0.1) is 23.7 Å². The van der Waals surface area contributed by atoms with Crippen LogP contribution in [0.15, 0.2) is 54.6 Å². The molecule has 2 nitrogen and oxygen atoms in total. The number of benzene rings is 2. The molecule has 0 aliphatic carbocycles. The molecule has 1 atom stereocenters. The number of ether oxygens (including phenoxy) is 1. The van der Waals surface area contributed by atoms with Crippen LogP contribution in [0.5, 0.6) is 5.75 Å². The van der Waals surface area contributed by atoms with Crippen molar-refractivity contribution in [3.8, 4) is 29.4 Å². The first-order valence-electron chi connectivity index (χ1n) is 7.07. The van der Waals surface area contributed by atoms with E-state index in [0.717, 1.165) is 16.9 Å². The zero-order valence-electron chi connectivity index (χ0n) is 13.1. The SMILES string of the molecule is COc1ccc(C#CC(C#Cc2ccccc2)N(C)C)cc1. The van der Waals surface area contributed by atoms with E-state index < -0.39 is 0 Å². The van der Waals surface area contributed by atoms with E-state index in [1.165, 1.54) is 0 Å². The van der Waals surface area contributed by atoms with E-state index in [4.69, 9.17) is 4.74 Å². The van der Waals surface area contributed by atoms with Crippen LogP contribution in [0.3, 0.4) is 0 Å². The van der Waals surface area contributed by atoms with Gasteiger partial charge in [0.15, 0.2) is 0 Å². The number of nitrogens with zero attached hydrogens (tertiary/aromatic N) is 1. The second kappa shape index (κ2) is 7.93. The van der Waals surface area contributed by atoms with Crippen LogP contribution in [-0.2, 0) is 0 Å². The molecule has 2 heteroatoms. The fourth-order valence-electron chi connectivity index (χ4n) is 1.79. The third-order valence-corrected chi connectivity index (χ3v) is 3.09. The molecule has 0 N–H and O–H groups in total. The van der Waals surface area contributed by atoms with Gasteiger partial charge >= 0.3 is 0 Å². The maximum absolute atomic E-state index is 5.14. The van der Waals surface area contributed by atoms with Crippen molar-refractivity contribution in [3.05, 3.63) is 65.7 Å². The Kier molecular flexibility index (Phi) is 5.66. The average Bonchev–Trinajstić information content (AvgIpc) is 2.56. The summed E-state index contributed by atoms with van der Waals surface area (Å²) in [6, 6.07) is 17.5. The van der Waals surface area contributed by atoms with Crippen molar-refractivity contribution < 1.29 is 4.74 Å². The molecule has 2 aromatic rings. The highest BCUT2D eigenvalue weighted by molar-refractivity contribution is 5.42. The largest absolute Gasteiger partial charge is 0.497 e. The van der Waals surface area contributed by atoms with Crippen LogP contribution in [0.4, 0.5) is 0 Å². The van der Waals surface area contributed by atoms with Crippen molar-refractivity contribution in [1.29, 1.82) is 0 Å². The van der Waals surface area contributed by atoms with Crippen molar-refractivity contribution in [2.45, 2.75) is 6.04 Å². The highest BCUT2D eigenvalue weighted by Gasteiger charge is 2.02. The zero-order valence-corrected chi connectivity index (χ0v) is 13.1. The molecule has 0 spiro atoms. The average molecular weight is 289 g/mol. The first-order chi connectivity index (χ1) is 10.7. The fourth-order valence-corrected chi connectivity index (χ4v) is 1.79. The minimum atomic E-state index is -0.109. The number of hydrogen-bond donors (Lipinski definition) is 0. The van der Waals surface area contributed by atoms with Gasteiger partial charge in [-0.05, 0) is 50.5 Å². The van der Waals surface area contributed by atoms with E-state index >= 15 is 0 Å². The molecule has 0 amide bonds. The Morgan fingerprint density at radius 2 is 1.36 bits per heavy atom. The Morgan fingerprint density at radius 1 is 0.818 bits per heavy atom. The van der Waals surface area contributed by atoms with Crippen molar-refractivity contribution in [2.24, 2.45) is 0 Å². The van der Waals surface area contributed by atoms with Gasteiger partial charge in [0.1, 0.15) is 11.8 Å². The summed E-state index contributed by atoms with van der Waals surface area (Å²) < 4.78 is 5.14. The fraction of sp³-hybridized carbons (Fsp3) is 0.200. The van der Waals surface area contributed by atoms with Crippen LogP contribution in [0.1, 0.15) is 11.1 Å². The van der Waals surface area contributed by atoms with Gasteiger partial charge in [0.2, 0.25) is 0 Å². The number of hydrogen-bond acceptors (Lipinski definition) is 2. The quantitative estimate of drug-likeness (QED) is 0.788. The highest BCUT2D eigenvalue weighted by Crippen LogP contribution is 2.10. The molecule has 0 aliphatic heterocycles. The first-order valence-corrected chi connectivity index (χ1v) is 7.07. The van der Waals surface area contributed by atoms with E-state index in [2.05, 4.69) is 23.7 Å². The second-order valence-electron chi connectivity index (χ2n) is 5.00. The lowest BCUT2D eigenvalue weighted by Crippen LogP contribution is -2.24. The molecule has 2 aromatic carbocycles. The lowest BCUT2D eigenvalue weighted by atomic mass is 10.1. The van der Waals surface area contributed by atoms with Gasteiger partial charge < -0.3 is 4.74 Å². The summed E-state index contributed by atoms with van der Waals surface area (Å²) in [5, 5.41) is 0. The monoisotopic (exact) mass is 289 g/mol. The molecule has 0 aromatic heterocycles. The lowest BCUT2D eigenvalue weighted by molar-refractivity contribution is 0.409. The molecule has 0 saturated heterocycles. The van der Waals surface area contributed by atoms with Crippen molar-refractivity contribution in [2.75, 3.05) is 21.2 Å². The Balaban J connectivity index is 2.16. The van der Waals surface area contributed by atoms with Gasteiger partial charge in [-0.3, -0.25) is 4.90 Å². The van der Waals surface area contributed by atoms with Crippen LogP contribution >= 0.6 is 0 Å². The Hall–Kier alpha value is -2.68. The zero-order chi connectivity index (χ0) is 15.8. The summed E-state index contributed by atoms with van der Waals surface area (Å²) in [5.41, 5.74) is 1.95. The van der Waals surface area contributed by atoms with Gasteiger partial charge in [0.05, 0.1) is 7.11 Å². The summed E-state index contributed by atoms with van der Waals surface area (Å²) in [5.74, 6) is 13.6. The normalized spacial score (nSPS) is 10.9. The summed E-state index contributed by atoms with van der Waals surface area (Å²) in [7, 11) is 5.61. The van der Waals surface area contributed by atoms with Crippen LogP contribution in [0.2, 0.25) is 0 Å². The predicted octanol–water partition coefficient (Wildman–Crippen LogP) is 3.03. The van der Waals surface area contributed by atoms with Gasteiger partial charge in [-0.1, -0.05) is 41.9 Å². The van der Waals surface area contributed by atoms with E-state index in [1.54, 1.807) is 7.11 Å². The maximum atomic E-state index is 5.14. The standard InChI is InChI=1S/C20H19NO/c1-21(2)19(13-9-17-7-5-4-6-8-17)14-10-18-11-15-20(22-3)16-12-18/h4-8,11-12,15-16,19H,1-3H3. The lowest BCUT2D eigenvalue weighted by Gasteiger charge is -2.12. The topological polar surface area (TPSA) is 12.5 Å². The van der Waals surface area contributed by atoms with Crippen LogP contribution in [-0.4, -0.2) is 32.1 Å². The van der Waals surface area contributed by atoms with Gasteiger partial charge in [0, 0.05) is 11.1 Å². The predicted molar refractivity (Wildman–Crippen MR) is 90.7 cm³/mol. The van der Waals surface area contributed by atoms with Crippen molar-refractivity contribution in [3.63, 3.8) is 0 Å². The summed E-state index contributed by atoms with van der Waals surface area (Å²) >= 11 is 0. The molecule has 0 aliphatic rings. The molecule has 1 unspecified atom stereocenters. The van der Waals surface area contributed by atoms with Crippen LogP contribution < -0.4 is 4.74 Å². The molecular formula is C20H19NO. The first kappa shape index (κ1) is 15.7. The smallest absolute Gasteiger partial charge is 0.134 e. The molecule has 0 heterocycles. The van der Waals surface area contributed by atoms with Gasteiger partial charge in [-0.15, -0.1) is 0 Å². The number of methoxy groups -OCH3 is 1. The van der Waals surface area contributed by atoms with E-state index in [9.17, 15) is 0 Å². The Bertz CT molecular complexity index is 710. The summed E-state index contributed by atoms with van der Waals surface area (Å²) in [6.45, 7) is 0. The summed E-state index contributed by atoms with van der Waals surface area (Å²) in [6.07, 6.45) is 0. The minimum Gasteiger partial charge on any atom is -0.497 e. The van der Waals surface area contributed by atoms with Crippen molar-refractivity contribution >= 4 is 0 Å². The molecule has 0 radical (unpaired) electrons. The maximum Gasteiger partial charge on any atom is 0.134 e. The molecule has 2 rings (SSSR count). The Morgan fingerprint density at radius 3 is 1.86 bits per heavy atom. The van der Waals surface area contributed by atoms with Gasteiger partial charge in [-0.25, -0.2) is 0 Å². The Labute approximate surface area is 132 Å². The van der Waals surface area contributed by atoms with Crippen LogP contribution in [0.25, 0.3) is 0 Å². The molecular weight excluding hydrogens is 270 g/mol. The summed E-state index contributed by atoms with van der Waals surface area (Å²) in [4.78, 5) is 2.01. The van der Waals surface area contributed by atoms with Crippen molar-refractivity contribution in [1.82, 2.24) is 4.90 Å². The number of rotatable bonds is 2.